The number of aliphatic hydroxyl groups is 1. The lowest BCUT2D eigenvalue weighted by molar-refractivity contribution is 0.0609. The molecule has 5 nitrogen and oxygen atoms in total. The molecular weight excluding hydrogens is 240 g/mol. The molecule has 0 saturated carbocycles. The van der Waals surface area contributed by atoms with Crippen LogP contribution in [0, 0.1) is 0 Å². The third kappa shape index (κ3) is 4.91. The molecule has 0 aromatic carbocycles. The summed E-state index contributed by atoms with van der Waals surface area (Å²) in [6.45, 7) is 4.72. The fourth-order valence-electron chi connectivity index (χ4n) is 1.74. The molecule has 0 spiro atoms. The minimum absolute atomic E-state index is 0.0718. The Balaban J connectivity index is 2.55. The van der Waals surface area contributed by atoms with Crippen molar-refractivity contribution in [1.29, 1.82) is 0 Å². The molecule has 1 aliphatic rings. The smallest absolute Gasteiger partial charge is 0.279 e. The van der Waals surface area contributed by atoms with Crippen LogP contribution in [0.2, 0.25) is 0 Å². The van der Waals surface area contributed by atoms with Crippen LogP contribution < -0.4 is 4.72 Å². The van der Waals surface area contributed by atoms with Gasteiger partial charge in [-0.05, 0) is 26.2 Å². The third-order valence-electron chi connectivity index (χ3n) is 3.30. The van der Waals surface area contributed by atoms with Gasteiger partial charge >= 0.3 is 0 Å². The normalized spacial score (nSPS) is 23.0. The van der Waals surface area contributed by atoms with Gasteiger partial charge in [0.25, 0.3) is 10.2 Å². The molecule has 0 aliphatic carbocycles. The molecule has 1 aliphatic heterocycles. The fraction of sp³-hybridized carbons (Fsp3) is 1.00. The van der Waals surface area contributed by atoms with Gasteiger partial charge in [0.15, 0.2) is 0 Å². The van der Waals surface area contributed by atoms with Crippen molar-refractivity contribution in [2.24, 2.45) is 0 Å². The van der Waals surface area contributed by atoms with Crippen LogP contribution in [0.25, 0.3) is 0 Å². The quantitative estimate of drug-likeness (QED) is 0.773. The van der Waals surface area contributed by atoms with Crippen molar-refractivity contribution in [2.75, 3.05) is 19.6 Å². The van der Waals surface area contributed by atoms with Gasteiger partial charge in [0.2, 0.25) is 0 Å². The monoisotopic (exact) mass is 264 g/mol. The van der Waals surface area contributed by atoms with E-state index in [0.29, 0.717) is 19.5 Å². The van der Waals surface area contributed by atoms with E-state index < -0.39 is 15.8 Å². The Labute approximate surface area is 104 Å². The second-order valence-electron chi connectivity index (χ2n) is 4.99. The summed E-state index contributed by atoms with van der Waals surface area (Å²) in [7, 11) is -3.43. The van der Waals surface area contributed by atoms with E-state index >= 15 is 0 Å². The number of hydrogen-bond acceptors (Lipinski definition) is 3. The molecule has 1 saturated heterocycles. The molecule has 1 fully saturated rings. The van der Waals surface area contributed by atoms with Crippen LogP contribution in [0.5, 0.6) is 0 Å². The molecule has 6 heteroatoms. The maximum atomic E-state index is 12.0. The Kier molecular flexibility index (Phi) is 5.37. The Morgan fingerprint density at radius 3 is 2.24 bits per heavy atom. The van der Waals surface area contributed by atoms with Crippen LogP contribution in [0.15, 0.2) is 0 Å². The van der Waals surface area contributed by atoms with Crippen molar-refractivity contribution < 1.29 is 13.5 Å². The first-order chi connectivity index (χ1) is 7.87. The zero-order valence-corrected chi connectivity index (χ0v) is 11.6. The first-order valence-electron chi connectivity index (χ1n) is 6.34. The maximum absolute atomic E-state index is 12.0. The van der Waals surface area contributed by atoms with E-state index in [4.69, 9.17) is 0 Å². The molecule has 0 amide bonds. The number of nitrogens with zero attached hydrogens (tertiary/aromatic N) is 1. The first kappa shape index (κ1) is 14.9. The zero-order chi connectivity index (χ0) is 12.9. The molecule has 0 aromatic rings. The van der Waals surface area contributed by atoms with E-state index in [9.17, 15) is 13.5 Å². The fourth-order valence-corrected chi connectivity index (χ4v) is 3.16. The summed E-state index contributed by atoms with van der Waals surface area (Å²) in [6.07, 6.45) is 4.56. The van der Waals surface area contributed by atoms with Gasteiger partial charge in [0.1, 0.15) is 0 Å². The van der Waals surface area contributed by atoms with Crippen molar-refractivity contribution in [1.82, 2.24) is 9.03 Å². The Morgan fingerprint density at radius 1 is 1.24 bits per heavy atom. The molecule has 1 atom stereocenters. The van der Waals surface area contributed by atoms with Gasteiger partial charge in [-0.2, -0.15) is 17.4 Å². The lowest BCUT2D eigenvalue weighted by atomic mass is 10.1. The Hall–Kier alpha value is -0.170. The first-order valence-corrected chi connectivity index (χ1v) is 7.78. The van der Waals surface area contributed by atoms with Crippen molar-refractivity contribution in [3.05, 3.63) is 0 Å². The predicted octanol–water partition coefficient (Wildman–Crippen LogP) is 0.858. The van der Waals surface area contributed by atoms with E-state index in [1.54, 1.807) is 6.92 Å². The van der Waals surface area contributed by atoms with Gasteiger partial charge in [-0.15, -0.1) is 0 Å². The summed E-state index contributed by atoms with van der Waals surface area (Å²) >= 11 is 0. The van der Waals surface area contributed by atoms with E-state index in [1.807, 2.05) is 6.92 Å². The molecule has 2 N–H and O–H groups in total. The maximum Gasteiger partial charge on any atom is 0.279 e. The van der Waals surface area contributed by atoms with Crippen LogP contribution in [0.1, 0.15) is 46.0 Å². The SMILES string of the molecule is CCC(C)(O)CNS(=O)(=O)N1CCCCCC1. The number of nitrogens with one attached hydrogen (secondary N) is 1. The molecule has 1 rings (SSSR count). The van der Waals surface area contributed by atoms with Gasteiger partial charge in [-0.1, -0.05) is 19.8 Å². The Morgan fingerprint density at radius 2 is 1.76 bits per heavy atom. The standard InChI is InChI=1S/C11H24N2O3S/c1-3-11(2,14)10-12-17(15,16)13-8-6-4-5-7-9-13/h12,14H,3-10H2,1-2H3. The highest BCUT2D eigenvalue weighted by atomic mass is 32.2. The second kappa shape index (κ2) is 6.13. The summed E-state index contributed by atoms with van der Waals surface area (Å²) < 4.78 is 28.0. The summed E-state index contributed by atoms with van der Waals surface area (Å²) in [5.41, 5.74) is -0.973. The van der Waals surface area contributed by atoms with Gasteiger partial charge < -0.3 is 5.11 Å². The van der Waals surface area contributed by atoms with Crippen molar-refractivity contribution in [2.45, 2.75) is 51.6 Å². The third-order valence-corrected chi connectivity index (χ3v) is 4.86. The van der Waals surface area contributed by atoms with Crippen LogP contribution in [0.4, 0.5) is 0 Å². The van der Waals surface area contributed by atoms with Gasteiger partial charge in [0, 0.05) is 19.6 Å². The molecule has 17 heavy (non-hydrogen) atoms. The largest absolute Gasteiger partial charge is 0.389 e. The highest BCUT2D eigenvalue weighted by molar-refractivity contribution is 7.87. The van der Waals surface area contributed by atoms with Crippen molar-refractivity contribution in [3.8, 4) is 0 Å². The summed E-state index contributed by atoms with van der Waals surface area (Å²) in [6, 6.07) is 0. The van der Waals surface area contributed by atoms with Gasteiger partial charge in [-0.3, -0.25) is 0 Å². The van der Waals surface area contributed by atoms with Crippen LogP contribution in [0.3, 0.4) is 0 Å². The van der Waals surface area contributed by atoms with Gasteiger partial charge in [-0.25, -0.2) is 0 Å². The van der Waals surface area contributed by atoms with Crippen LogP contribution in [-0.2, 0) is 10.2 Å². The van der Waals surface area contributed by atoms with Gasteiger partial charge in [0.05, 0.1) is 5.60 Å². The van der Waals surface area contributed by atoms with E-state index in [-0.39, 0.29) is 6.54 Å². The topological polar surface area (TPSA) is 69.6 Å². The second-order valence-corrected chi connectivity index (χ2v) is 6.75. The Bertz CT molecular complexity index is 320. The van der Waals surface area contributed by atoms with Crippen molar-refractivity contribution >= 4 is 10.2 Å². The molecule has 0 radical (unpaired) electrons. The zero-order valence-electron chi connectivity index (χ0n) is 10.8. The summed E-state index contributed by atoms with van der Waals surface area (Å²) in [4.78, 5) is 0. The van der Waals surface area contributed by atoms with Crippen LogP contribution >= 0.6 is 0 Å². The summed E-state index contributed by atoms with van der Waals surface area (Å²) in [5, 5.41) is 9.79. The minimum Gasteiger partial charge on any atom is -0.389 e. The number of hydrogen-bond donors (Lipinski definition) is 2. The highest BCUT2D eigenvalue weighted by Gasteiger charge is 2.26. The average Bonchev–Trinajstić information content (AvgIpc) is 2.56. The molecule has 102 valence electrons. The molecule has 0 bridgehead atoms. The highest BCUT2D eigenvalue weighted by Crippen LogP contribution is 2.13. The minimum atomic E-state index is -3.43. The number of rotatable bonds is 5. The molecule has 0 aromatic heterocycles. The van der Waals surface area contributed by atoms with E-state index in [1.165, 1.54) is 4.31 Å². The lowest BCUT2D eigenvalue weighted by Gasteiger charge is -2.25. The molecule has 1 heterocycles. The summed E-state index contributed by atoms with van der Waals surface area (Å²) in [5.74, 6) is 0. The lowest BCUT2D eigenvalue weighted by Crippen LogP contribution is -2.47. The average molecular weight is 264 g/mol. The molecular formula is C11H24N2O3S. The van der Waals surface area contributed by atoms with E-state index in [0.717, 1.165) is 25.7 Å². The predicted molar refractivity (Wildman–Crippen MR) is 67.9 cm³/mol. The van der Waals surface area contributed by atoms with Crippen molar-refractivity contribution in [3.63, 3.8) is 0 Å². The molecule has 1 unspecified atom stereocenters. The van der Waals surface area contributed by atoms with E-state index in [2.05, 4.69) is 4.72 Å². The van der Waals surface area contributed by atoms with Crippen LogP contribution in [-0.4, -0.2) is 43.1 Å².